The number of amides is 1. The highest BCUT2D eigenvalue weighted by atomic mass is 19.1. The molecule has 0 saturated carbocycles. The predicted molar refractivity (Wildman–Crippen MR) is 112 cm³/mol. The van der Waals surface area contributed by atoms with Gasteiger partial charge in [0.1, 0.15) is 11.4 Å². The van der Waals surface area contributed by atoms with Gasteiger partial charge in [0.05, 0.1) is 18.1 Å². The van der Waals surface area contributed by atoms with E-state index < -0.39 is 0 Å². The van der Waals surface area contributed by atoms with Gasteiger partial charge in [-0.15, -0.1) is 0 Å². The molecule has 0 saturated heterocycles. The van der Waals surface area contributed by atoms with Crippen LogP contribution >= 0.6 is 0 Å². The van der Waals surface area contributed by atoms with Gasteiger partial charge in [-0.05, 0) is 44.6 Å². The standard InChI is InChI=1S/C23H29FN2O2/c1-6-20-21(26-23(27)16(5)15(3)4)22(28-7-2)18(14-25-20)13-17-9-8-10-19(24)12-11-17/h8-9,12,14,17H,3,5-7,10-11,13H2,1-2,4H3,(H,26,27). The quantitative estimate of drug-likeness (QED) is 0.367. The van der Waals surface area contributed by atoms with Crippen molar-refractivity contribution in [2.75, 3.05) is 11.9 Å². The summed E-state index contributed by atoms with van der Waals surface area (Å²) < 4.78 is 19.4. The Morgan fingerprint density at radius 3 is 2.79 bits per heavy atom. The normalized spacial score (nSPS) is 16.1. The molecule has 28 heavy (non-hydrogen) atoms. The third kappa shape index (κ3) is 5.41. The molecule has 1 heterocycles. The maximum atomic E-state index is 13.5. The number of carbonyl (C=O) groups is 1. The molecule has 2 rings (SSSR count). The molecule has 1 atom stereocenters. The second kappa shape index (κ2) is 10.0. The largest absolute Gasteiger partial charge is 0.491 e. The van der Waals surface area contributed by atoms with Crippen LogP contribution in [0, 0.1) is 5.92 Å². The van der Waals surface area contributed by atoms with Crippen molar-refractivity contribution in [2.45, 2.75) is 46.5 Å². The summed E-state index contributed by atoms with van der Waals surface area (Å²) in [6.07, 6.45) is 9.59. The summed E-state index contributed by atoms with van der Waals surface area (Å²) in [7, 11) is 0. The molecule has 0 fully saturated rings. The second-order valence-corrected chi connectivity index (χ2v) is 6.92. The molecule has 150 valence electrons. The first-order valence-electron chi connectivity index (χ1n) is 9.68. The molecule has 5 heteroatoms. The highest BCUT2D eigenvalue weighted by Crippen LogP contribution is 2.35. The summed E-state index contributed by atoms with van der Waals surface area (Å²) in [5, 5.41) is 2.92. The molecule has 1 aromatic heterocycles. The minimum Gasteiger partial charge on any atom is -0.491 e. The van der Waals surface area contributed by atoms with Gasteiger partial charge < -0.3 is 10.1 Å². The van der Waals surface area contributed by atoms with Gasteiger partial charge in [0, 0.05) is 23.8 Å². The summed E-state index contributed by atoms with van der Waals surface area (Å²) in [5.74, 6) is 0.353. The predicted octanol–water partition coefficient (Wildman–Crippen LogP) is 5.48. The van der Waals surface area contributed by atoms with E-state index in [1.54, 1.807) is 19.2 Å². The molecule has 0 radical (unpaired) electrons. The molecule has 1 N–H and O–H groups in total. The summed E-state index contributed by atoms with van der Waals surface area (Å²) in [6.45, 7) is 13.6. The van der Waals surface area contributed by atoms with E-state index in [2.05, 4.69) is 23.5 Å². The number of halogens is 1. The van der Waals surface area contributed by atoms with Crippen molar-refractivity contribution >= 4 is 11.6 Å². The Bertz CT molecular complexity index is 824. The van der Waals surface area contributed by atoms with Crippen LogP contribution in [0.2, 0.25) is 0 Å². The summed E-state index contributed by atoms with van der Waals surface area (Å²) in [6, 6.07) is 0. The number of carbonyl (C=O) groups excluding carboxylic acids is 1. The number of rotatable bonds is 8. The molecular weight excluding hydrogens is 355 g/mol. The third-order valence-electron chi connectivity index (χ3n) is 4.68. The Labute approximate surface area is 166 Å². The highest BCUT2D eigenvalue weighted by Gasteiger charge is 2.21. The lowest BCUT2D eigenvalue weighted by molar-refractivity contribution is -0.112. The first-order valence-corrected chi connectivity index (χ1v) is 9.68. The monoisotopic (exact) mass is 384 g/mol. The van der Waals surface area contributed by atoms with Crippen LogP contribution in [0.5, 0.6) is 5.75 Å². The van der Waals surface area contributed by atoms with Gasteiger partial charge in [-0.1, -0.05) is 38.3 Å². The van der Waals surface area contributed by atoms with E-state index in [1.807, 2.05) is 26.0 Å². The fourth-order valence-corrected chi connectivity index (χ4v) is 3.05. The number of hydrogen-bond acceptors (Lipinski definition) is 3. The molecule has 0 bridgehead atoms. The van der Waals surface area contributed by atoms with Crippen LogP contribution < -0.4 is 10.1 Å². The molecule has 0 spiro atoms. The van der Waals surface area contributed by atoms with Crippen molar-refractivity contribution in [3.63, 3.8) is 0 Å². The van der Waals surface area contributed by atoms with Crippen LogP contribution in [0.25, 0.3) is 0 Å². The lowest BCUT2D eigenvalue weighted by atomic mass is 9.95. The Kier molecular flexibility index (Phi) is 7.73. The van der Waals surface area contributed by atoms with E-state index in [4.69, 9.17) is 4.74 Å². The van der Waals surface area contributed by atoms with E-state index in [1.165, 1.54) is 0 Å². The van der Waals surface area contributed by atoms with Crippen molar-refractivity contribution in [3.8, 4) is 5.75 Å². The maximum Gasteiger partial charge on any atom is 0.255 e. The molecule has 1 amide bonds. The molecule has 0 aliphatic heterocycles. The van der Waals surface area contributed by atoms with Gasteiger partial charge in [0.15, 0.2) is 0 Å². The van der Waals surface area contributed by atoms with E-state index in [-0.39, 0.29) is 17.7 Å². The number of nitrogens with zero attached hydrogens (tertiary/aromatic N) is 1. The number of aromatic nitrogens is 1. The lowest BCUT2D eigenvalue weighted by Gasteiger charge is -2.20. The van der Waals surface area contributed by atoms with Crippen LogP contribution in [0.1, 0.15) is 44.9 Å². The summed E-state index contributed by atoms with van der Waals surface area (Å²) in [5.41, 5.74) is 3.14. The maximum absolute atomic E-state index is 13.5. The number of hydrogen-bond donors (Lipinski definition) is 1. The topological polar surface area (TPSA) is 51.2 Å². The van der Waals surface area contributed by atoms with Gasteiger partial charge in [-0.25, -0.2) is 4.39 Å². The molecule has 0 aromatic carbocycles. The fraction of sp³-hybridized carbons (Fsp3) is 0.391. The smallest absolute Gasteiger partial charge is 0.255 e. The zero-order chi connectivity index (χ0) is 20.7. The van der Waals surface area contributed by atoms with Crippen LogP contribution in [-0.4, -0.2) is 17.5 Å². The molecule has 4 nitrogen and oxygen atoms in total. The van der Waals surface area contributed by atoms with Crippen LogP contribution in [-0.2, 0) is 17.6 Å². The van der Waals surface area contributed by atoms with Crippen molar-refractivity contribution in [1.29, 1.82) is 0 Å². The number of aryl methyl sites for hydroxylation is 1. The minimum atomic E-state index is -0.318. The van der Waals surface area contributed by atoms with Gasteiger partial charge in [0.25, 0.3) is 5.91 Å². The van der Waals surface area contributed by atoms with Gasteiger partial charge >= 0.3 is 0 Å². The number of allylic oxidation sites excluding steroid dienone is 4. The fourth-order valence-electron chi connectivity index (χ4n) is 3.05. The van der Waals surface area contributed by atoms with Crippen LogP contribution in [0.15, 0.2) is 54.6 Å². The average molecular weight is 384 g/mol. The summed E-state index contributed by atoms with van der Waals surface area (Å²) in [4.78, 5) is 17.1. The first-order chi connectivity index (χ1) is 13.4. The highest BCUT2D eigenvalue weighted by molar-refractivity contribution is 6.07. The van der Waals surface area contributed by atoms with E-state index in [9.17, 15) is 9.18 Å². The third-order valence-corrected chi connectivity index (χ3v) is 4.68. The van der Waals surface area contributed by atoms with Crippen molar-refractivity contribution in [1.82, 2.24) is 4.98 Å². The Balaban J connectivity index is 2.39. The first kappa shape index (κ1) is 21.6. The number of ether oxygens (including phenoxy) is 1. The zero-order valence-corrected chi connectivity index (χ0v) is 17.0. The number of pyridine rings is 1. The van der Waals surface area contributed by atoms with Gasteiger partial charge in [-0.2, -0.15) is 0 Å². The molecule has 1 aromatic rings. The summed E-state index contributed by atoms with van der Waals surface area (Å²) >= 11 is 0. The molecule has 1 aliphatic rings. The molecule has 1 unspecified atom stereocenters. The van der Waals surface area contributed by atoms with Crippen LogP contribution in [0.4, 0.5) is 10.1 Å². The minimum absolute atomic E-state index is 0.102. The van der Waals surface area contributed by atoms with Crippen molar-refractivity contribution in [3.05, 3.63) is 65.8 Å². The Hall–Kier alpha value is -2.69. The number of anilines is 1. The lowest BCUT2D eigenvalue weighted by Crippen LogP contribution is -2.18. The average Bonchev–Trinajstić information content (AvgIpc) is 2.87. The van der Waals surface area contributed by atoms with Crippen LogP contribution in [0.3, 0.4) is 0 Å². The molecular formula is C23H29FN2O2. The van der Waals surface area contributed by atoms with Crippen molar-refractivity contribution < 1.29 is 13.9 Å². The van der Waals surface area contributed by atoms with Gasteiger partial charge in [-0.3, -0.25) is 9.78 Å². The molecule has 1 aliphatic carbocycles. The second-order valence-electron chi connectivity index (χ2n) is 6.92. The SMILES string of the molecule is C=C(C)C(=C)C(=O)Nc1c(CC)ncc(CC2C=CCC(F)=CC2)c1OCC. The Morgan fingerprint density at radius 2 is 2.14 bits per heavy atom. The van der Waals surface area contributed by atoms with Gasteiger partial charge in [0.2, 0.25) is 0 Å². The Morgan fingerprint density at radius 1 is 1.39 bits per heavy atom. The van der Waals surface area contributed by atoms with E-state index in [0.717, 1.165) is 11.3 Å². The van der Waals surface area contributed by atoms with Crippen molar-refractivity contribution in [2.24, 2.45) is 5.92 Å². The number of nitrogens with one attached hydrogen (secondary N) is 1. The van der Waals surface area contributed by atoms with E-state index in [0.29, 0.717) is 54.9 Å². The zero-order valence-electron chi connectivity index (χ0n) is 17.0. The van der Waals surface area contributed by atoms with E-state index >= 15 is 0 Å².